The highest BCUT2D eigenvalue weighted by molar-refractivity contribution is 7.47. The molecule has 0 saturated heterocycles. The van der Waals surface area contributed by atoms with Crippen LogP contribution in [0.1, 0.15) is 123 Å². The minimum atomic E-state index is -4.82. The van der Waals surface area contributed by atoms with E-state index >= 15 is 0 Å². The number of nitrogens with two attached hydrogens (primary N) is 1. The molecule has 0 amide bonds. The van der Waals surface area contributed by atoms with Crippen LogP contribution < -0.4 is 5.73 Å². The molecule has 8 atom stereocenters. The molecule has 0 spiro atoms. The van der Waals surface area contributed by atoms with Crippen LogP contribution in [0.5, 0.6) is 0 Å². The summed E-state index contributed by atoms with van der Waals surface area (Å²) in [7, 11) is -4.82. The topological polar surface area (TPSA) is 232 Å². The minimum Gasteiger partial charge on any atom is -0.480 e. The van der Waals surface area contributed by atoms with Crippen LogP contribution in [0.15, 0.2) is 72.9 Å². The predicted molar refractivity (Wildman–Crippen MR) is 228 cm³/mol. The first-order valence-electron chi connectivity index (χ1n) is 21.2. The van der Waals surface area contributed by atoms with Crippen molar-refractivity contribution in [1.29, 1.82) is 0 Å². The molecule has 336 valence electrons. The summed E-state index contributed by atoms with van der Waals surface area (Å²) in [4.78, 5) is 46.2. The van der Waals surface area contributed by atoms with E-state index in [-0.39, 0.29) is 31.1 Å². The van der Waals surface area contributed by atoms with Crippen molar-refractivity contribution in [2.75, 3.05) is 19.8 Å². The molecule has 1 rings (SSSR count). The standard InChI is InChI=1S/C44H72NO13P/c1-3-5-7-8-9-10-11-12-13-14-15-16-17-18-19-20-22-27-42(49)55-32-36(33-56-59(53,54)57-34-39(45)44(51)52)58-43(50)28-24-23-26-37-38(41(48)31-40(37)47)30-29-35(46)25-21-6-4-2/h5,7,9-10,12-13,15-16,23-24,29-30,35-41,46-48H,3-4,6,8,11,14,17-22,25-28,31-34,45H2,1-2H3,(H,51,52)(H,53,54)/b7-5-,10-9-,13-12-,16-15-,24-23-,30-29+/t35-,36-,37+,38-,39+,40+,41-/m1/s1. The van der Waals surface area contributed by atoms with Gasteiger partial charge in [-0.2, -0.15) is 0 Å². The Bertz CT molecular complexity index is 1390. The summed E-state index contributed by atoms with van der Waals surface area (Å²) in [6.45, 7) is 2.20. The molecule has 14 nitrogen and oxygen atoms in total. The second kappa shape index (κ2) is 33.5. The average Bonchev–Trinajstić information content (AvgIpc) is 3.47. The van der Waals surface area contributed by atoms with Gasteiger partial charge < -0.3 is 40.5 Å². The maximum atomic E-state index is 12.8. The van der Waals surface area contributed by atoms with E-state index in [0.29, 0.717) is 19.3 Å². The van der Waals surface area contributed by atoms with Gasteiger partial charge in [-0.15, -0.1) is 0 Å². The fraction of sp³-hybridized carbons (Fsp3) is 0.659. The molecule has 15 heteroatoms. The molecule has 0 aromatic heterocycles. The lowest BCUT2D eigenvalue weighted by Gasteiger charge is -2.20. The van der Waals surface area contributed by atoms with Gasteiger partial charge in [0, 0.05) is 18.8 Å². The van der Waals surface area contributed by atoms with Gasteiger partial charge >= 0.3 is 25.7 Å². The number of allylic oxidation sites excluding steroid dienone is 9. The molecule has 0 aromatic rings. The first-order valence-corrected chi connectivity index (χ1v) is 22.7. The van der Waals surface area contributed by atoms with Gasteiger partial charge in [0.2, 0.25) is 0 Å². The normalized spacial score (nSPS) is 21.3. The Hall–Kier alpha value is -3.20. The van der Waals surface area contributed by atoms with Crippen molar-refractivity contribution in [3.63, 3.8) is 0 Å². The lowest BCUT2D eigenvalue weighted by molar-refractivity contribution is -0.160. The average molecular weight is 854 g/mol. The molecule has 0 radical (unpaired) electrons. The number of ether oxygens (including phenoxy) is 2. The Kier molecular flexibility index (Phi) is 30.6. The number of aliphatic hydroxyl groups is 3. The molecular weight excluding hydrogens is 781 g/mol. The van der Waals surface area contributed by atoms with Crippen LogP contribution >= 0.6 is 7.82 Å². The van der Waals surface area contributed by atoms with E-state index < -0.39 is 76.0 Å². The number of hydrogen-bond acceptors (Lipinski definition) is 12. The Morgan fingerprint density at radius 1 is 0.780 bits per heavy atom. The second-order valence-corrected chi connectivity index (χ2v) is 16.2. The molecule has 59 heavy (non-hydrogen) atoms. The van der Waals surface area contributed by atoms with Crippen LogP contribution in [-0.2, 0) is 37.5 Å². The number of carbonyl (C=O) groups excluding carboxylic acids is 2. The molecule has 0 aliphatic heterocycles. The quantitative estimate of drug-likeness (QED) is 0.0161. The molecule has 0 aromatic carbocycles. The Morgan fingerprint density at radius 3 is 2.08 bits per heavy atom. The molecule has 1 saturated carbocycles. The summed E-state index contributed by atoms with van der Waals surface area (Å²) in [5.74, 6) is -3.48. The number of carboxylic acid groups (broad SMARTS) is 1. The van der Waals surface area contributed by atoms with Crippen LogP contribution in [0.2, 0.25) is 0 Å². The van der Waals surface area contributed by atoms with Gasteiger partial charge in [0.05, 0.1) is 37.9 Å². The van der Waals surface area contributed by atoms with E-state index in [2.05, 4.69) is 67.0 Å². The monoisotopic (exact) mass is 853 g/mol. The lowest BCUT2D eigenvalue weighted by atomic mass is 9.89. The van der Waals surface area contributed by atoms with E-state index in [9.17, 15) is 39.2 Å². The zero-order valence-corrected chi connectivity index (χ0v) is 36.0. The van der Waals surface area contributed by atoms with Gasteiger partial charge in [0.15, 0.2) is 6.10 Å². The smallest absolute Gasteiger partial charge is 0.472 e. The molecular formula is C44H72NO13P. The lowest BCUT2D eigenvalue weighted by Crippen LogP contribution is -2.34. The molecule has 1 aliphatic rings. The maximum absolute atomic E-state index is 12.8. The van der Waals surface area contributed by atoms with Crippen molar-refractivity contribution < 1.29 is 62.8 Å². The van der Waals surface area contributed by atoms with Crippen LogP contribution in [0, 0.1) is 11.8 Å². The van der Waals surface area contributed by atoms with Crippen molar-refractivity contribution in [2.45, 2.75) is 153 Å². The number of aliphatic hydroxyl groups excluding tert-OH is 3. The number of rotatable bonds is 34. The summed E-state index contributed by atoms with van der Waals surface area (Å²) in [6, 6.07) is -1.58. The number of hydrogen-bond donors (Lipinski definition) is 6. The summed E-state index contributed by atoms with van der Waals surface area (Å²) in [5.41, 5.74) is 5.32. The first-order chi connectivity index (χ1) is 28.3. The van der Waals surface area contributed by atoms with Crippen molar-refractivity contribution in [1.82, 2.24) is 0 Å². The highest BCUT2D eigenvalue weighted by atomic mass is 31.2. The molecule has 7 N–H and O–H groups in total. The minimum absolute atomic E-state index is 0.124. The maximum Gasteiger partial charge on any atom is 0.472 e. The zero-order chi connectivity index (χ0) is 43.7. The van der Waals surface area contributed by atoms with E-state index in [0.717, 1.165) is 70.6 Å². The highest BCUT2D eigenvalue weighted by Crippen LogP contribution is 2.43. The highest BCUT2D eigenvalue weighted by Gasteiger charge is 2.39. The van der Waals surface area contributed by atoms with Crippen LogP contribution in [0.25, 0.3) is 0 Å². The molecule has 1 aliphatic carbocycles. The van der Waals surface area contributed by atoms with Crippen molar-refractivity contribution >= 4 is 25.7 Å². The van der Waals surface area contributed by atoms with E-state index in [1.165, 1.54) is 6.08 Å². The van der Waals surface area contributed by atoms with Crippen molar-refractivity contribution in [2.24, 2.45) is 17.6 Å². The Labute approximate surface area is 351 Å². The van der Waals surface area contributed by atoms with Gasteiger partial charge in [-0.05, 0) is 63.7 Å². The number of phosphoric acid groups is 1. The number of carboxylic acids is 1. The van der Waals surface area contributed by atoms with Crippen LogP contribution in [0.3, 0.4) is 0 Å². The number of aliphatic carboxylic acids is 1. The molecule has 0 heterocycles. The summed E-state index contributed by atoms with van der Waals surface area (Å²) in [6.07, 6.45) is 32.5. The second-order valence-electron chi connectivity index (χ2n) is 14.7. The Morgan fingerprint density at radius 2 is 1.42 bits per heavy atom. The van der Waals surface area contributed by atoms with Gasteiger partial charge in [-0.3, -0.25) is 23.4 Å². The molecule has 1 unspecified atom stereocenters. The van der Waals surface area contributed by atoms with E-state index in [1.54, 1.807) is 18.2 Å². The van der Waals surface area contributed by atoms with Crippen LogP contribution in [0.4, 0.5) is 0 Å². The van der Waals surface area contributed by atoms with E-state index in [1.807, 2.05) is 0 Å². The molecule has 1 fully saturated rings. The number of carbonyl (C=O) groups is 3. The van der Waals surface area contributed by atoms with Crippen molar-refractivity contribution in [3.8, 4) is 0 Å². The van der Waals surface area contributed by atoms with Gasteiger partial charge in [0.25, 0.3) is 0 Å². The largest absolute Gasteiger partial charge is 0.480 e. The molecule has 0 bridgehead atoms. The van der Waals surface area contributed by atoms with Crippen molar-refractivity contribution in [3.05, 3.63) is 72.9 Å². The predicted octanol–water partition coefficient (Wildman–Crippen LogP) is 7.32. The SMILES string of the molecule is CC/C=C\C/C=C\C/C=C\C/C=C\CCCCCCC(=O)OC[C@H](COP(=O)(O)OC[C@H](N)C(=O)O)OC(=O)C/C=C\C[C@H]1[C@@H](/C=C/[C@H](O)CCCCC)[C@H](O)C[C@@H]1O. The summed E-state index contributed by atoms with van der Waals surface area (Å²) < 4.78 is 32.6. The third-order valence-electron chi connectivity index (χ3n) is 9.54. The number of esters is 2. The van der Waals surface area contributed by atoms with Crippen LogP contribution in [-0.4, -0.2) is 93.5 Å². The van der Waals surface area contributed by atoms with Gasteiger partial charge in [0.1, 0.15) is 12.6 Å². The third-order valence-corrected chi connectivity index (χ3v) is 10.5. The fourth-order valence-electron chi connectivity index (χ4n) is 6.15. The summed E-state index contributed by atoms with van der Waals surface area (Å²) in [5, 5.41) is 40.3. The van der Waals surface area contributed by atoms with E-state index in [4.69, 9.17) is 24.8 Å². The van der Waals surface area contributed by atoms with Gasteiger partial charge in [-0.1, -0.05) is 119 Å². The summed E-state index contributed by atoms with van der Waals surface area (Å²) >= 11 is 0. The Balaban J connectivity index is 2.59. The fourth-order valence-corrected chi connectivity index (χ4v) is 6.92. The third kappa shape index (κ3) is 28.1. The first kappa shape index (κ1) is 53.8. The number of unbranched alkanes of at least 4 members (excludes halogenated alkanes) is 6. The number of phosphoric ester groups is 1. The zero-order valence-electron chi connectivity index (χ0n) is 35.1. The van der Waals surface area contributed by atoms with Gasteiger partial charge in [-0.25, -0.2) is 4.57 Å².